The van der Waals surface area contributed by atoms with Crippen LogP contribution < -0.4 is 21.3 Å². The summed E-state index contributed by atoms with van der Waals surface area (Å²) in [6.45, 7) is 4.08. The maximum Gasteiger partial charge on any atom is 0.271 e. The van der Waals surface area contributed by atoms with Crippen LogP contribution in [0.1, 0.15) is 47.7 Å². The summed E-state index contributed by atoms with van der Waals surface area (Å²) in [4.78, 5) is 22.8. The van der Waals surface area contributed by atoms with Crippen LogP contribution in [0.4, 0.5) is 17.3 Å². The SMILES string of the molecule is NC(=O)c1ncc(N2CCCC2)nc1Nc1ccc(C2CCNCC2)cc1. The lowest BCUT2D eigenvalue weighted by Gasteiger charge is -2.23. The van der Waals surface area contributed by atoms with Gasteiger partial charge in [-0.25, -0.2) is 9.97 Å². The van der Waals surface area contributed by atoms with Gasteiger partial charge in [-0.05, 0) is 62.4 Å². The van der Waals surface area contributed by atoms with E-state index < -0.39 is 5.91 Å². The number of aromatic nitrogens is 2. The zero-order valence-corrected chi connectivity index (χ0v) is 15.4. The van der Waals surface area contributed by atoms with Gasteiger partial charge in [-0.3, -0.25) is 4.79 Å². The average molecular weight is 366 g/mol. The molecular weight excluding hydrogens is 340 g/mol. The number of hydrogen-bond acceptors (Lipinski definition) is 6. The fourth-order valence-corrected chi connectivity index (χ4v) is 3.88. The lowest BCUT2D eigenvalue weighted by Crippen LogP contribution is -2.26. The number of hydrogen-bond donors (Lipinski definition) is 3. The molecule has 0 saturated carbocycles. The van der Waals surface area contributed by atoms with Crippen LogP contribution in [0.2, 0.25) is 0 Å². The van der Waals surface area contributed by atoms with Gasteiger partial charge in [0.05, 0.1) is 6.20 Å². The molecule has 0 spiro atoms. The van der Waals surface area contributed by atoms with Crippen LogP contribution in [-0.4, -0.2) is 42.1 Å². The van der Waals surface area contributed by atoms with E-state index in [1.165, 1.54) is 18.4 Å². The van der Waals surface area contributed by atoms with Gasteiger partial charge in [0.25, 0.3) is 5.91 Å². The van der Waals surface area contributed by atoms with Crippen molar-refractivity contribution < 1.29 is 4.79 Å². The van der Waals surface area contributed by atoms with E-state index in [1.54, 1.807) is 6.20 Å². The molecule has 27 heavy (non-hydrogen) atoms. The Morgan fingerprint density at radius 3 is 2.52 bits per heavy atom. The van der Waals surface area contributed by atoms with Crippen LogP contribution in [0, 0.1) is 0 Å². The van der Waals surface area contributed by atoms with Gasteiger partial charge in [0.15, 0.2) is 11.5 Å². The predicted octanol–water partition coefficient (Wildman–Crippen LogP) is 2.39. The van der Waals surface area contributed by atoms with Gasteiger partial charge in [0.1, 0.15) is 5.82 Å². The van der Waals surface area contributed by atoms with Crippen molar-refractivity contribution >= 4 is 23.2 Å². The van der Waals surface area contributed by atoms with Crippen molar-refractivity contribution in [2.75, 3.05) is 36.4 Å². The number of carbonyl (C=O) groups is 1. The van der Waals surface area contributed by atoms with Gasteiger partial charge in [0.2, 0.25) is 0 Å². The number of piperidine rings is 1. The summed E-state index contributed by atoms with van der Waals surface area (Å²) >= 11 is 0. The summed E-state index contributed by atoms with van der Waals surface area (Å²) in [5.41, 5.74) is 7.89. The molecule has 2 aromatic rings. The number of rotatable bonds is 5. The van der Waals surface area contributed by atoms with Crippen molar-refractivity contribution in [1.82, 2.24) is 15.3 Å². The first-order chi connectivity index (χ1) is 13.2. The molecule has 1 amide bonds. The molecule has 2 saturated heterocycles. The molecule has 4 rings (SSSR count). The fraction of sp³-hybridized carbons (Fsp3) is 0.450. The number of benzene rings is 1. The van der Waals surface area contributed by atoms with E-state index in [2.05, 4.69) is 37.6 Å². The van der Waals surface area contributed by atoms with E-state index in [-0.39, 0.29) is 5.69 Å². The summed E-state index contributed by atoms with van der Waals surface area (Å²) in [7, 11) is 0. The number of anilines is 3. The summed E-state index contributed by atoms with van der Waals surface area (Å²) in [5.74, 6) is 1.23. The molecule has 3 heterocycles. The summed E-state index contributed by atoms with van der Waals surface area (Å²) in [5, 5.41) is 6.63. The van der Waals surface area contributed by atoms with E-state index in [0.717, 1.165) is 50.5 Å². The van der Waals surface area contributed by atoms with Gasteiger partial charge in [-0.15, -0.1) is 0 Å². The molecule has 0 atom stereocenters. The second kappa shape index (κ2) is 7.92. The molecule has 2 fully saturated rings. The lowest BCUT2D eigenvalue weighted by atomic mass is 9.90. The molecule has 0 unspecified atom stereocenters. The van der Waals surface area contributed by atoms with Gasteiger partial charge < -0.3 is 21.3 Å². The van der Waals surface area contributed by atoms with E-state index in [0.29, 0.717) is 11.7 Å². The quantitative estimate of drug-likeness (QED) is 0.752. The topological polar surface area (TPSA) is 96.2 Å². The monoisotopic (exact) mass is 366 g/mol. The zero-order valence-electron chi connectivity index (χ0n) is 15.4. The summed E-state index contributed by atoms with van der Waals surface area (Å²) in [6, 6.07) is 8.37. The van der Waals surface area contributed by atoms with Crippen molar-refractivity contribution in [1.29, 1.82) is 0 Å². The number of primary amides is 1. The molecule has 142 valence electrons. The third kappa shape index (κ3) is 4.03. The highest BCUT2D eigenvalue weighted by Crippen LogP contribution is 2.28. The Hall–Kier alpha value is -2.67. The first kappa shape index (κ1) is 17.7. The van der Waals surface area contributed by atoms with E-state index in [1.807, 2.05) is 12.1 Å². The first-order valence-corrected chi connectivity index (χ1v) is 9.70. The first-order valence-electron chi connectivity index (χ1n) is 9.70. The van der Waals surface area contributed by atoms with Crippen molar-refractivity contribution in [3.05, 3.63) is 41.7 Å². The van der Waals surface area contributed by atoms with Crippen LogP contribution >= 0.6 is 0 Å². The number of nitrogens with one attached hydrogen (secondary N) is 2. The minimum absolute atomic E-state index is 0.167. The molecule has 7 heteroatoms. The van der Waals surface area contributed by atoms with Crippen LogP contribution in [0.3, 0.4) is 0 Å². The highest BCUT2D eigenvalue weighted by Gasteiger charge is 2.19. The van der Waals surface area contributed by atoms with E-state index in [4.69, 9.17) is 5.73 Å². The molecule has 7 nitrogen and oxygen atoms in total. The summed E-state index contributed by atoms with van der Waals surface area (Å²) < 4.78 is 0. The molecule has 0 radical (unpaired) electrons. The number of amides is 1. The highest BCUT2D eigenvalue weighted by atomic mass is 16.1. The fourth-order valence-electron chi connectivity index (χ4n) is 3.88. The number of nitrogens with two attached hydrogens (primary N) is 1. The number of carbonyl (C=O) groups excluding carboxylic acids is 1. The molecule has 4 N–H and O–H groups in total. The van der Waals surface area contributed by atoms with Gasteiger partial charge >= 0.3 is 0 Å². The maximum atomic E-state index is 11.8. The van der Waals surface area contributed by atoms with Gasteiger partial charge in [-0.2, -0.15) is 0 Å². The zero-order chi connectivity index (χ0) is 18.6. The van der Waals surface area contributed by atoms with Crippen LogP contribution in [0.15, 0.2) is 30.5 Å². The highest BCUT2D eigenvalue weighted by molar-refractivity contribution is 5.96. The molecule has 0 bridgehead atoms. The Morgan fingerprint density at radius 2 is 1.85 bits per heavy atom. The van der Waals surface area contributed by atoms with Crippen molar-refractivity contribution in [3.8, 4) is 0 Å². The van der Waals surface area contributed by atoms with Crippen molar-refractivity contribution in [3.63, 3.8) is 0 Å². The number of nitrogens with zero attached hydrogens (tertiary/aromatic N) is 3. The summed E-state index contributed by atoms with van der Waals surface area (Å²) in [6.07, 6.45) is 6.28. The minimum atomic E-state index is -0.579. The Morgan fingerprint density at radius 1 is 1.15 bits per heavy atom. The van der Waals surface area contributed by atoms with Gasteiger partial charge in [-0.1, -0.05) is 12.1 Å². The third-order valence-corrected chi connectivity index (χ3v) is 5.41. The lowest BCUT2D eigenvalue weighted by molar-refractivity contribution is 0.0996. The van der Waals surface area contributed by atoms with Gasteiger partial charge in [0, 0.05) is 18.8 Å². The average Bonchev–Trinajstić information content (AvgIpc) is 3.24. The Bertz CT molecular complexity index is 795. The second-order valence-electron chi connectivity index (χ2n) is 7.26. The standard InChI is InChI=1S/C20H26N6O/c21-19(27)18-20(25-17(13-23-18)26-11-1-2-12-26)24-16-5-3-14(4-6-16)15-7-9-22-10-8-15/h3-6,13,15,22H,1-2,7-12H2,(H2,21,27)(H,24,25). The maximum absolute atomic E-state index is 11.8. The molecule has 2 aliphatic heterocycles. The molecule has 0 aliphatic carbocycles. The Balaban J connectivity index is 1.55. The minimum Gasteiger partial charge on any atom is -0.364 e. The smallest absolute Gasteiger partial charge is 0.271 e. The van der Waals surface area contributed by atoms with E-state index >= 15 is 0 Å². The molecule has 1 aromatic carbocycles. The molecular formula is C20H26N6O. The van der Waals surface area contributed by atoms with Crippen LogP contribution in [-0.2, 0) is 0 Å². The normalized spacial score (nSPS) is 17.9. The van der Waals surface area contributed by atoms with Crippen LogP contribution in [0.25, 0.3) is 0 Å². The van der Waals surface area contributed by atoms with Crippen molar-refractivity contribution in [2.24, 2.45) is 5.73 Å². The van der Waals surface area contributed by atoms with E-state index in [9.17, 15) is 4.79 Å². The molecule has 2 aliphatic rings. The van der Waals surface area contributed by atoms with Crippen LogP contribution in [0.5, 0.6) is 0 Å². The predicted molar refractivity (Wildman–Crippen MR) is 107 cm³/mol. The second-order valence-corrected chi connectivity index (χ2v) is 7.26. The Kier molecular flexibility index (Phi) is 5.20. The molecule has 1 aromatic heterocycles. The third-order valence-electron chi connectivity index (χ3n) is 5.41. The largest absolute Gasteiger partial charge is 0.364 e. The van der Waals surface area contributed by atoms with Crippen molar-refractivity contribution in [2.45, 2.75) is 31.6 Å². The Labute approximate surface area is 159 Å².